The SMILES string of the molecule is C=C1c2[nH]c3ccccc3c2CN2CCC1(O)C(=CC)C2. The van der Waals surface area contributed by atoms with Gasteiger partial charge in [-0.15, -0.1) is 0 Å². The second-order valence-electron chi connectivity index (χ2n) is 6.14. The molecule has 0 aliphatic carbocycles. The van der Waals surface area contributed by atoms with Gasteiger partial charge in [-0.2, -0.15) is 0 Å². The number of allylic oxidation sites excluding steroid dienone is 1. The Bertz CT molecular complexity index is 771. The van der Waals surface area contributed by atoms with Gasteiger partial charge in [0.1, 0.15) is 5.60 Å². The molecule has 2 N–H and O–H groups in total. The van der Waals surface area contributed by atoms with Gasteiger partial charge in [0.25, 0.3) is 0 Å². The van der Waals surface area contributed by atoms with Crippen LogP contribution in [0.2, 0.25) is 0 Å². The standard InChI is InChI=1S/C18H20N2O/c1-3-13-10-20-9-8-18(13,21)12(2)17-15(11-20)14-6-4-5-7-16(14)19-17/h3-7,19,21H,2,8-11H2,1H3. The molecule has 1 aromatic heterocycles. The van der Waals surface area contributed by atoms with Crippen molar-refractivity contribution in [2.24, 2.45) is 0 Å². The summed E-state index contributed by atoms with van der Waals surface area (Å²) in [4.78, 5) is 5.89. The van der Waals surface area contributed by atoms with Crippen LogP contribution in [-0.4, -0.2) is 33.7 Å². The number of aromatic amines is 1. The lowest BCUT2D eigenvalue weighted by atomic mass is 9.76. The Balaban J connectivity index is 1.99. The minimum absolute atomic E-state index is 0.723. The fourth-order valence-corrected chi connectivity index (χ4v) is 3.79. The minimum Gasteiger partial charge on any atom is -0.381 e. The fraction of sp³-hybridized carbons (Fsp3) is 0.333. The molecular weight excluding hydrogens is 260 g/mol. The molecular formula is C18H20N2O. The van der Waals surface area contributed by atoms with E-state index in [0.717, 1.165) is 48.4 Å². The zero-order valence-corrected chi connectivity index (χ0v) is 12.3. The molecule has 4 heterocycles. The lowest BCUT2D eigenvalue weighted by molar-refractivity contribution is 0.0709. The average Bonchev–Trinajstić information content (AvgIpc) is 2.85. The van der Waals surface area contributed by atoms with Gasteiger partial charge in [0.15, 0.2) is 0 Å². The highest BCUT2D eigenvalue weighted by Gasteiger charge is 2.42. The third kappa shape index (κ3) is 1.68. The van der Waals surface area contributed by atoms with Gasteiger partial charge in [0.05, 0.1) is 0 Å². The van der Waals surface area contributed by atoms with Crippen molar-refractivity contribution in [3.8, 4) is 0 Å². The first kappa shape index (κ1) is 12.9. The Morgan fingerprint density at radius 3 is 2.95 bits per heavy atom. The molecule has 108 valence electrons. The monoisotopic (exact) mass is 280 g/mol. The number of hydrogen-bond acceptors (Lipinski definition) is 2. The van der Waals surface area contributed by atoms with E-state index in [-0.39, 0.29) is 0 Å². The molecule has 5 rings (SSSR count). The van der Waals surface area contributed by atoms with Gasteiger partial charge in [0, 0.05) is 41.8 Å². The van der Waals surface area contributed by atoms with E-state index in [0.29, 0.717) is 0 Å². The van der Waals surface area contributed by atoms with Crippen molar-refractivity contribution < 1.29 is 5.11 Å². The first-order chi connectivity index (χ1) is 10.1. The summed E-state index contributed by atoms with van der Waals surface area (Å²) in [6.07, 6.45) is 2.77. The second-order valence-corrected chi connectivity index (χ2v) is 6.14. The Kier molecular flexibility index (Phi) is 2.65. The minimum atomic E-state index is -0.901. The molecule has 21 heavy (non-hydrogen) atoms. The number of hydrogen-bond donors (Lipinski definition) is 2. The van der Waals surface area contributed by atoms with Crippen molar-refractivity contribution in [3.05, 3.63) is 53.8 Å². The van der Waals surface area contributed by atoms with Gasteiger partial charge >= 0.3 is 0 Å². The van der Waals surface area contributed by atoms with Crippen molar-refractivity contribution in [1.29, 1.82) is 0 Å². The van der Waals surface area contributed by atoms with Gasteiger partial charge in [-0.1, -0.05) is 30.9 Å². The van der Waals surface area contributed by atoms with E-state index in [4.69, 9.17) is 0 Å². The van der Waals surface area contributed by atoms with Crippen LogP contribution in [0.5, 0.6) is 0 Å². The molecule has 0 saturated carbocycles. The summed E-state index contributed by atoms with van der Waals surface area (Å²) in [5.41, 5.74) is 4.40. The molecule has 0 spiro atoms. The first-order valence-corrected chi connectivity index (χ1v) is 7.53. The van der Waals surface area contributed by atoms with E-state index in [2.05, 4.69) is 34.7 Å². The quantitative estimate of drug-likeness (QED) is 0.728. The zero-order chi connectivity index (χ0) is 14.6. The number of benzene rings is 1. The molecule has 2 unspecified atom stereocenters. The highest BCUT2D eigenvalue weighted by atomic mass is 16.3. The topological polar surface area (TPSA) is 39.3 Å². The van der Waals surface area contributed by atoms with Crippen LogP contribution in [0.25, 0.3) is 16.5 Å². The number of rotatable bonds is 0. The number of nitrogens with one attached hydrogen (secondary N) is 1. The molecule has 1 aromatic carbocycles. The summed E-state index contributed by atoms with van der Waals surface area (Å²) in [5, 5.41) is 12.5. The van der Waals surface area contributed by atoms with Crippen LogP contribution in [0.3, 0.4) is 0 Å². The van der Waals surface area contributed by atoms with Gasteiger partial charge in [0.2, 0.25) is 0 Å². The van der Waals surface area contributed by atoms with Gasteiger partial charge < -0.3 is 10.1 Å². The largest absolute Gasteiger partial charge is 0.381 e. The summed E-state index contributed by atoms with van der Waals surface area (Å²) >= 11 is 0. The predicted molar refractivity (Wildman–Crippen MR) is 85.9 cm³/mol. The third-order valence-corrected chi connectivity index (χ3v) is 5.06. The zero-order valence-electron chi connectivity index (χ0n) is 12.3. The lowest BCUT2D eigenvalue weighted by Gasteiger charge is -2.44. The molecule has 2 aromatic rings. The Labute approximate surface area is 124 Å². The second kappa shape index (κ2) is 4.33. The molecule has 2 bridgehead atoms. The molecule has 1 fully saturated rings. The Morgan fingerprint density at radius 1 is 1.33 bits per heavy atom. The molecule has 3 nitrogen and oxygen atoms in total. The number of para-hydroxylation sites is 1. The third-order valence-electron chi connectivity index (χ3n) is 5.06. The summed E-state index contributed by atoms with van der Waals surface area (Å²) in [7, 11) is 0. The maximum atomic E-state index is 11.2. The van der Waals surface area contributed by atoms with Crippen LogP contribution < -0.4 is 0 Å². The normalized spacial score (nSPS) is 30.5. The summed E-state index contributed by atoms with van der Waals surface area (Å²) in [5.74, 6) is 0. The van der Waals surface area contributed by atoms with E-state index in [1.165, 1.54) is 10.9 Å². The van der Waals surface area contributed by atoms with Crippen molar-refractivity contribution >= 4 is 16.5 Å². The summed E-state index contributed by atoms with van der Waals surface area (Å²) in [6, 6.07) is 8.34. The van der Waals surface area contributed by atoms with Crippen molar-refractivity contribution in [3.63, 3.8) is 0 Å². The summed E-state index contributed by atoms with van der Waals surface area (Å²) in [6.45, 7) is 8.90. The highest BCUT2D eigenvalue weighted by Crippen LogP contribution is 2.43. The van der Waals surface area contributed by atoms with E-state index in [1.54, 1.807) is 0 Å². The Morgan fingerprint density at radius 2 is 2.14 bits per heavy atom. The number of H-pyrrole nitrogens is 1. The van der Waals surface area contributed by atoms with Crippen LogP contribution in [0.4, 0.5) is 0 Å². The molecule has 1 saturated heterocycles. The molecule has 3 aliphatic rings. The van der Waals surface area contributed by atoms with Gasteiger partial charge in [-0.25, -0.2) is 0 Å². The van der Waals surface area contributed by atoms with Crippen molar-refractivity contribution in [2.45, 2.75) is 25.5 Å². The smallest absolute Gasteiger partial charge is 0.114 e. The number of fused-ring (bicyclic) bond motifs is 3. The van der Waals surface area contributed by atoms with E-state index < -0.39 is 5.60 Å². The summed E-state index contributed by atoms with van der Waals surface area (Å²) < 4.78 is 0. The maximum Gasteiger partial charge on any atom is 0.114 e. The number of piperidine rings is 1. The molecule has 0 amide bonds. The molecule has 0 radical (unpaired) electrons. The molecule has 2 atom stereocenters. The van der Waals surface area contributed by atoms with Crippen LogP contribution in [0, 0.1) is 0 Å². The number of aliphatic hydroxyl groups is 1. The van der Waals surface area contributed by atoms with Gasteiger partial charge in [-0.05, 0) is 30.5 Å². The predicted octanol–water partition coefficient (Wildman–Crippen LogP) is 3.08. The Hall–Kier alpha value is -1.84. The van der Waals surface area contributed by atoms with Crippen molar-refractivity contribution in [1.82, 2.24) is 9.88 Å². The molecule has 3 aliphatic heterocycles. The highest BCUT2D eigenvalue weighted by molar-refractivity contribution is 5.91. The van der Waals surface area contributed by atoms with E-state index >= 15 is 0 Å². The lowest BCUT2D eigenvalue weighted by Crippen LogP contribution is -2.48. The number of aromatic nitrogens is 1. The first-order valence-electron chi connectivity index (χ1n) is 7.53. The van der Waals surface area contributed by atoms with Gasteiger partial charge in [-0.3, -0.25) is 4.90 Å². The average molecular weight is 280 g/mol. The van der Waals surface area contributed by atoms with Crippen molar-refractivity contribution in [2.75, 3.05) is 13.1 Å². The van der Waals surface area contributed by atoms with E-state index in [1.807, 2.05) is 19.1 Å². The molecule has 3 heteroatoms. The van der Waals surface area contributed by atoms with Crippen LogP contribution in [0.1, 0.15) is 24.6 Å². The number of nitrogens with zero attached hydrogens (tertiary/aromatic N) is 1. The van der Waals surface area contributed by atoms with Crippen LogP contribution in [-0.2, 0) is 6.54 Å². The maximum absolute atomic E-state index is 11.2. The van der Waals surface area contributed by atoms with Crippen LogP contribution in [0.15, 0.2) is 42.5 Å². The van der Waals surface area contributed by atoms with E-state index in [9.17, 15) is 5.11 Å². The van der Waals surface area contributed by atoms with Crippen LogP contribution >= 0.6 is 0 Å². The fourth-order valence-electron chi connectivity index (χ4n) is 3.79.